The monoisotopic (exact) mass is 292 g/mol. The third-order valence-corrected chi connectivity index (χ3v) is 3.20. The molecule has 6 nitrogen and oxygen atoms in total. The maximum absolute atomic E-state index is 12.1. The Morgan fingerprint density at radius 2 is 1.90 bits per heavy atom. The maximum atomic E-state index is 12.1. The number of rotatable bonds is 8. The van der Waals surface area contributed by atoms with Crippen LogP contribution in [0.25, 0.3) is 0 Å². The molecule has 1 aromatic rings. The number of nitrogens with one attached hydrogen (secondary N) is 2. The van der Waals surface area contributed by atoms with Gasteiger partial charge in [0, 0.05) is 12.6 Å². The van der Waals surface area contributed by atoms with Crippen molar-refractivity contribution in [2.24, 2.45) is 11.5 Å². The molecule has 3 amide bonds. The molecule has 2 atom stereocenters. The van der Waals surface area contributed by atoms with Gasteiger partial charge in [-0.25, -0.2) is 4.79 Å². The first-order chi connectivity index (χ1) is 10.0. The van der Waals surface area contributed by atoms with Crippen LogP contribution in [-0.2, 0) is 4.79 Å². The molecule has 0 saturated heterocycles. The lowest BCUT2D eigenvalue weighted by Crippen LogP contribution is -2.49. The van der Waals surface area contributed by atoms with E-state index in [4.69, 9.17) is 11.5 Å². The van der Waals surface area contributed by atoms with Crippen LogP contribution in [0.2, 0.25) is 0 Å². The molecule has 1 aromatic carbocycles. The summed E-state index contributed by atoms with van der Waals surface area (Å²) >= 11 is 0. The predicted octanol–water partition coefficient (Wildman–Crippen LogP) is 1.03. The summed E-state index contributed by atoms with van der Waals surface area (Å²) in [5.41, 5.74) is 12.1. The van der Waals surface area contributed by atoms with Crippen LogP contribution in [0.5, 0.6) is 0 Å². The number of carbonyl (C=O) groups excluding carboxylic acids is 2. The number of carbonyl (C=O) groups is 2. The summed E-state index contributed by atoms with van der Waals surface area (Å²) in [5.74, 6) is -0.256. The smallest absolute Gasteiger partial charge is 0.312 e. The van der Waals surface area contributed by atoms with Crippen LogP contribution >= 0.6 is 0 Å². The molecular weight excluding hydrogens is 268 g/mol. The number of nitrogens with two attached hydrogens (primary N) is 2. The first kappa shape index (κ1) is 17.0. The highest BCUT2D eigenvalue weighted by atomic mass is 16.2. The van der Waals surface area contributed by atoms with Gasteiger partial charge in [-0.1, -0.05) is 50.1 Å². The number of urea groups is 1. The molecule has 116 valence electrons. The van der Waals surface area contributed by atoms with E-state index < -0.39 is 12.1 Å². The largest absolute Gasteiger partial charge is 0.352 e. The van der Waals surface area contributed by atoms with E-state index in [1.807, 2.05) is 37.3 Å². The summed E-state index contributed by atoms with van der Waals surface area (Å²) in [6, 6.07) is 7.94. The summed E-state index contributed by atoms with van der Waals surface area (Å²) in [6.45, 7) is 2.33. The van der Waals surface area contributed by atoms with Crippen LogP contribution in [0.4, 0.5) is 4.79 Å². The molecule has 21 heavy (non-hydrogen) atoms. The quantitative estimate of drug-likeness (QED) is 0.574. The Bertz CT molecular complexity index is 450. The fraction of sp³-hybridized carbons (Fsp3) is 0.467. The van der Waals surface area contributed by atoms with Crippen LogP contribution in [0.15, 0.2) is 30.3 Å². The number of hydrogen-bond acceptors (Lipinski definition) is 3. The molecule has 0 aliphatic heterocycles. The van der Waals surface area contributed by atoms with Crippen molar-refractivity contribution in [1.29, 1.82) is 0 Å². The fourth-order valence-corrected chi connectivity index (χ4v) is 2.00. The zero-order valence-corrected chi connectivity index (χ0v) is 12.3. The highest BCUT2D eigenvalue weighted by Crippen LogP contribution is 2.08. The lowest BCUT2D eigenvalue weighted by Gasteiger charge is -2.19. The van der Waals surface area contributed by atoms with Gasteiger partial charge in [-0.05, 0) is 12.0 Å². The Morgan fingerprint density at radius 1 is 1.24 bits per heavy atom. The highest BCUT2D eigenvalue weighted by molar-refractivity contribution is 5.86. The lowest BCUT2D eigenvalue weighted by atomic mass is 10.1. The second-order valence-corrected chi connectivity index (χ2v) is 4.97. The zero-order valence-electron chi connectivity index (χ0n) is 12.3. The number of hydrogen-bond donors (Lipinski definition) is 4. The second kappa shape index (κ2) is 8.97. The van der Waals surface area contributed by atoms with Gasteiger partial charge >= 0.3 is 6.03 Å². The van der Waals surface area contributed by atoms with Gasteiger partial charge in [-0.3, -0.25) is 4.79 Å². The van der Waals surface area contributed by atoms with Crippen LogP contribution in [0, 0.1) is 0 Å². The number of unbranched alkanes of at least 4 members (excludes halogenated alkanes) is 1. The average Bonchev–Trinajstić information content (AvgIpc) is 2.49. The molecule has 2 unspecified atom stereocenters. The van der Waals surface area contributed by atoms with Crippen molar-refractivity contribution in [3.8, 4) is 0 Å². The molecule has 0 aliphatic carbocycles. The fourth-order valence-electron chi connectivity index (χ4n) is 2.00. The van der Waals surface area contributed by atoms with E-state index in [1.165, 1.54) is 0 Å². The summed E-state index contributed by atoms with van der Waals surface area (Å²) < 4.78 is 0. The SMILES string of the molecule is CCCCC(NC(N)=O)C(=O)NCC(N)c1ccccc1. The Morgan fingerprint density at radius 3 is 2.48 bits per heavy atom. The normalized spacial score (nSPS) is 13.2. The predicted molar refractivity (Wildman–Crippen MR) is 82.4 cm³/mol. The van der Waals surface area contributed by atoms with Crippen LogP contribution < -0.4 is 22.1 Å². The van der Waals surface area contributed by atoms with Crippen molar-refractivity contribution in [2.75, 3.05) is 6.54 Å². The van der Waals surface area contributed by atoms with Crippen molar-refractivity contribution >= 4 is 11.9 Å². The molecule has 0 bridgehead atoms. The Labute approximate surface area is 125 Å². The van der Waals surface area contributed by atoms with Gasteiger partial charge in [-0.15, -0.1) is 0 Å². The molecule has 0 radical (unpaired) electrons. The topological polar surface area (TPSA) is 110 Å². The van der Waals surface area contributed by atoms with Crippen LogP contribution in [0.3, 0.4) is 0 Å². The molecule has 0 heterocycles. The van der Waals surface area contributed by atoms with E-state index in [0.717, 1.165) is 18.4 Å². The van der Waals surface area contributed by atoms with E-state index in [0.29, 0.717) is 13.0 Å². The zero-order chi connectivity index (χ0) is 15.7. The van der Waals surface area contributed by atoms with Crippen LogP contribution in [0.1, 0.15) is 37.8 Å². The molecule has 0 aliphatic rings. The molecule has 6 heteroatoms. The average molecular weight is 292 g/mol. The van der Waals surface area contributed by atoms with E-state index in [1.54, 1.807) is 0 Å². The minimum atomic E-state index is -0.696. The summed E-state index contributed by atoms with van der Waals surface area (Å²) in [6.07, 6.45) is 2.34. The molecule has 1 rings (SSSR count). The van der Waals surface area contributed by atoms with Gasteiger partial charge in [0.25, 0.3) is 0 Å². The molecular formula is C15H24N4O2. The van der Waals surface area contributed by atoms with Gasteiger partial charge in [0.2, 0.25) is 5.91 Å². The summed E-state index contributed by atoms with van der Waals surface area (Å²) in [7, 11) is 0. The van der Waals surface area contributed by atoms with Gasteiger partial charge in [0.1, 0.15) is 6.04 Å². The molecule has 0 aromatic heterocycles. The first-order valence-electron chi connectivity index (χ1n) is 7.18. The number of amides is 3. The van der Waals surface area contributed by atoms with E-state index in [-0.39, 0.29) is 11.9 Å². The highest BCUT2D eigenvalue weighted by Gasteiger charge is 2.19. The molecule has 0 saturated carbocycles. The molecule has 0 spiro atoms. The van der Waals surface area contributed by atoms with E-state index in [9.17, 15) is 9.59 Å². The van der Waals surface area contributed by atoms with Gasteiger partial charge < -0.3 is 22.1 Å². The van der Waals surface area contributed by atoms with Gasteiger partial charge in [-0.2, -0.15) is 0 Å². The minimum Gasteiger partial charge on any atom is -0.352 e. The number of primary amides is 1. The lowest BCUT2D eigenvalue weighted by molar-refractivity contribution is -0.123. The Hall–Kier alpha value is -2.08. The Kier molecular flexibility index (Phi) is 7.25. The van der Waals surface area contributed by atoms with Gasteiger partial charge in [0.15, 0.2) is 0 Å². The summed E-state index contributed by atoms with van der Waals surface area (Å²) in [4.78, 5) is 23.0. The van der Waals surface area contributed by atoms with E-state index >= 15 is 0 Å². The number of benzene rings is 1. The third-order valence-electron chi connectivity index (χ3n) is 3.20. The van der Waals surface area contributed by atoms with E-state index in [2.05, 4.69) is 10.6 Å². The minimum absolute atomic E-state index is 0.256. The first-order valence-corrected chi connectivity index (χ1v) is 7.18. The third kappa shape index (κ3) is 6.27. The van der Waals surface area contributed by atoms with Crippen molar-refractivity contribution in [2.45, 2.75) is 38.3 Å². The standard InChI is InChI=1S/C15H24N4O2/c1-2-3-9-13(19-15(17)21)14(20)18-10-12(16)11-7-5-4-6-8-11/h4-8,12-13H,2-3,9-10,16H2,1H3,(H,18,20)(H3,17,19,21). The molecule has 6 N–H and O–H groups in total. The van der Waals surface area contributed by atoms with Crippen LogP contribution in [-0.4, -0.2) is 24.5 Å². The van der Waals surface area contributed by atoms with Crippen molar-refractivity contribution < 1.29 is 9.59 Å². The van der Waals surface area contributed by atoms with Crippen molar-refractivity contribution in [3.63, 3.8) is 0 Å². The second-order valence-electron chi connectivity index (χ2n) is 4.97. The molecule has 0 fully saturated rings. The van der Waals surface area contributed by atoms with Crippen molar-refractivity contribution in [1.82, 2.24) is 10.6 Å². The summed E-state index contributed by atoms with van der Waals surface area (Å²) in [5, 5.41) is 5.23. The van der Waals surface area contributed by atoms with Crippen molar-refractivity contribution in [3.05, 3.63) is 35.9 Å². The van der Waals surface area contributed by atoms with Gasteiger partial charge in [0.05, 0.1) is 0 Å². The Balaban J connectivity index is 2.50. The maximum Gasteiger partial charge on any atom is 0.312 e.